The van der Waals surface area contributed by atoms with Gasteiger partial charge in [0.25, 0.3) is 5.56 Å². The summed E-state index contributed by atoms with van der Waals surface area (Å²) in [5.41, 5.74) is 0.348. The van der Waals surface area contributed by atoms with Gasteiger partial charge in [0.05, 0.1) is 19.4 Å². The highest BCUT2D eigenvalue weighted by Crippen LogP contribution is 2.27. The summed E-state index contributed by atoms with van der Waals surface area (Å²) in [6.07, 6.45) is 2.63. The number of nitrogens with zero attached hydrogens (tertiary/aromatic N) is 3. The molecule has 0 unspecified atom stereocenters. The Bertz CT molecular complexity index is 754. The Hall–Kier alpha value is -2.48. The van der Waals surface area contributed by atoms with Crippen LogP contribution in [0.1, 0.15) is 19.4 Å². The van der Waals surface area contributed by atoms with E-state index in [0.717, 1.165) is 16.4 Å². The summed E-state index contributed by atoms with van der Waals surface area (Å²) in [5, 5.41) is 10.2. The zero-order chi connectivity index (χ0) is 15.9. The average molecular weight is 320 g/mol. The standard InChI is InChI=1S/C14H16N4O3S/c1-3-20-11-6-5-10(7-12(11)21-4-2)8-16-18-13(19)9-15-17-14(18)22/h5-9H,3-4H2,1-2H3,(H,17,22)/b16-8-. The van der Waals surface area contributed by atoms with Gasteiger partial charge < -0.3 is 9.47 Å². The summed E-state index contributed by atoms with van der Waals surface area (Å²) in [5.74, 6) is 1.29. The molecule has 116 valence electrons. The lowest BCUT2D eigenvalue weighted by Crippen LogP contribution is -2.18. The molecule has 1 heterocycles. The zero-order valence-electron chi connectivity index (χ0n) is 12.3. The number of aromatic amines is 1. The highest BCUT2D eigenvalue weighted by molar-refractivity contribution is 7.71. The van der Waals surface area contributed by atoms with Crippen molar-refractivity contribution in [1.29, 1.82) is 0 Å². The van der Waals surface area contributed by atoms with E-state index in [1.165, 1.54) is 6.21 Å². The van der Waals surface area contributed by atoms with E-state index in [-0.39, 0.29) is 4.77 Å². The SMILES string of the molecule is CCOc1ccc(/C=N\n2c(=O)cn[nH]c2=S)cc1OCC. The van der Waals surface area contributed by atoms with E-state index < -0.39 is 5.56 Å². The molecule has 0 bridgehead atoms. The molecular formula is C14H16N4O3S. The summed E-state index contributed by atoms with van der Waals surface area (Å²) in [6.45, 7) is 4.87. The summed E-state index contributed by atoms with van der Waals surface area (Å²) >= 11 is 4.96. The van der Waals surface area contributed by atoms with Crippen LogP contribution in [0.5, 0.6) is 11.5 Å². The number of nitrogens with one attached hydrogen (secondary N) is 1. The summed E-state index contributed by atoms with van der Waals surface area (Å²) < 4.78 is 12.2. The van der Waals surface area contributed by atoms with Gasteiger partial charge >= 0.3 is 0 Å². The first-order valence-electron chi connectivity index (χ1n) is 6.76. The molecule has 1 aromatic heterocycles. The molecule has 0 radical (unpaired) electrons. The van der Waals surface area contributed by atoms with Crippen molar-refractivity contribution >= 4 is 18.4 Å². The van der Waals surface area contributed by atoms with Gasteiger partial charge in [0.2, 0.25) is 4.77 Å². The molecule has 0 aliphatic carbocycles. The molecule has 7 nitrogen and oxygen atoms in total. The molecule has 0 saturated heterocycles. The van der Waals surface area contributed by atoms with Gasteiger partial charge in [-0.25, -0.2) is 0 Å². The van der Waals surface area contributed by atoms with Crippen LogP contribution >= 0.6 is 12.2 Å². The van der Waals surface area contributed by atoms with Crippen LogP contribution in [0.25, 0.3) is 0 Å². The average Bonchev–Trinajstić information content (AvgIpc) is 2.49. The topological polar surface area (TPSA) is 81.5 Å². The number of hydrogen-bond acceptors (Lipinski definition) is 6. The van der Waals surface area contributed by atoms with Crippen molar-refractivity contribution < 1.29 is 9.47 Å². The maximum Gasteiger partial charge on any atom is 0.293 e. The Balaban J connectivity index is 2.33. The van der Waals surface area contributed by atoms with Crippen molar-refractivity contribution in [2.75, 3.05) is 13.2 Å². The van der Waals surface area contributed by atoms with Crippen LogP contribution in [0, 0.1) is 4.77 Å². The first kappa shape index (κ1) is 15.9. The second-order valence-electron chi connectivity index (χ2n) is 4.14. The Labute approximate surface area is 132 Å². The zero-order valence-corrected chi connectivity index (χ0v) is 13.1. The minimum absolute atomic E-state index is 0.125. The quantitative estimate of drug-likeness (QED) is 0.650. The number of benzene rings is 1. The van der Waals surface area contributed by atoms with Gasteiger partial charge in [0.15, 0.2) is 11.5 Å². The van der Waals surface area contributed by atoms with E-state index in [9.17, 15) is 4.79 Å². The van der Waals surface area contributed by atoms with Crippen molar-refractivity contribution in [3.63, 3.8) is 0 Å². The second kappa shape index (κ2) is 7.51. The third-order valence-corrected chi connectivity index (χ3v) is 2.89. The Morgan fingerprint density at radius 3 is 2.73 bits per heavy atom. The fourth-order valence-electron chi connectivity index (χ4n) is 1.73. The summed E-state index contributed by atoms with van der Waals surface area (Å²) in [6, 6.07) is 5.40. The van der Waals surface area contributed by atoms with Gasteiger partial charge in [-0.15, -0.1) is 0 Å². The van der Waals surface area contributed by atoms with Crippen LogP contribution in [0.15, 0.2) is 34.3 Å². The molecule has 1 aromatic carbocycles. The van der Waals surface area contributed by atoms with Crippen LogP contribution in [0.3, 0.4) is 0 Å². The van der Waals surface area contributed by atoms with Gasteiger partial charge in [0, 0.05) is 0 Å². The molecule has 2 aromatic rings. The van der Waals surface area contributed by atoms with E-state index in [0.29, 0.717) is 24.7 Å². The Morgan fingerprint density at radius 2 is 2.05 bits per heavy atom. The van der Waals surface area contributed by atoms with Crippen molar-refractivity contribution in [3.8, 4) is 11.5 Å². The number of hydrogen-bond donors (Lipinski definition) is 1. The smallest absolute Gasteiger partial charge is 0.293 e. The molecular weight excluding hydrogens is 304 g/mol. The molecule has 0 aliphatic rings. The van der Waals surface area contributed by atoms with E-state index >= 15 is 0 Å². The third kappa shape index (κ3) is 3.79. The Morgan fingerprint density at radius 1 is 1.32 bits per heavy atom. The highest BCUT2D eigenvalue weighted by atomic mass is 32.1. The van der Waals surface area contributed by atoms with Crippen LogP contribution < -0.4 is 15.0 Å². The van der Waals surface area contributed by atoms with Crippen molar-refractivity contribution in [2.24, 2.45) is 5.10 Å². The lowest BCUT2D eigenvalue weighted by atomic mass is 10.2. The second-order valence-corrected chi connectivity index (χ2v) is 4.53. The first-order chi connectivity index (χ1) is 10.7. The van der Waals surface area contributed by atoms with E-state index in [1.54, 1.807) is 12.1 Å². The van der Waals surface area contributed by atoms with E-state index in [4.69, 9.17) is 21.7 Å². The number of aromatic nitrogens is 3. The van der Waals surface area contributed by atoms with E-state index in [2.05, 4.69) is 15.3 Å². The van der Waals surface area contributed by atoms with Gasteiger partial charge in [-0.05, 0) is 49.8 Å². The predicted octanol–water partition coefficient (Wildman–Crippen LogP) is 1.98. The number of ether oxygens (including phenoxy) is 2. The monoisotopic (exact) mass is 320 g/mol. The third-order valence-electron chi connectivity index (χ3n) is 2.63. The van der Waals surface area contributed by atoms with Gasteiger partial charge in [-0.2, -0.15) is 14.9 Å². The molecule has 8 heteroatoms. The molecule has 0 amide bonds. The minimum Gasteiger partial charge on any atom is -0.490 e. The normalized spacial score (nSPS) is 10.8. The van der Waals surface area contributed by atoms with Crippen molar-refractivity contribution in [2.45, 2.75) is 13.8 Å². The largest absolute Gasteiger partial charge is 0.490 e. The molecule has 0 saturated carbocycles. The fourth-order valence-corrected chi connectivity index (χ4v) is 1.92. The molecule has 22 heavy (non-hydrogen) atoms. The van der Waals surface area contributed by atoms with Crippen LogP contribution in [0.2, 0.25) is 0 Å². The maximum absolute atomic E-state index is 11.6. The van der Waals surface area contributed by atoms with Crippen LogP contribution in [-0.4, -0.2) is 34.3 Å². The number of rotatable bonds is 6. The molecule has 2 rings (SSSR count). The summed E-state index contributed by atoms with van der Waals surface area (Å²) in [7, 11) is 0. The number of H-pyrrole nitrogens is 1. The lowest BCUT2D eigenvalue weighted by molar-refractivity contribution is 0.288. The van der Waals surface area contributed by atoms with Crippen LogP contribution in [0.4, 0.5) is 0 Å². The minimum atomic E-state index is -0.407. The molecule has 0 fully saturated rings. The molecule has 1 N–H and O–H groups in total. The van der Waals surface area contributed by atoms with Gasteiger partial charge in [-0.3, -0.25) is 9.89 Å². The predicted molar refractivity (Wildman–Crippen MR) is 85.5 cm³/mol. The van der Waals surface area contributed by atoms with E-state index in [1.807, 2.05) is 19.9 Å². The van der Waals surface area contributed by atoms with Crippen molar-refractivity contribution in [1.82, 2.24) is 14.9 Å². The highest BCUT2D eigenvalue weighted by Gasteiger charge is 2.05. The van der Waals surface area contributed by atoms with Gasteiger partial charge in [0.1, 0.15) is 6.20 Å². The van der Waals surface area contributed by atoms with Crippen molar-refractivity contribution in [3.05, 3.63) is 45.1 Å². The summed E-state index contributed by atoms with van der Waals surface area (Å²) in [4.78, 5) is 11.6. The molecule has 0 atom stereocenters. The van der Waals surface area contributed by atoms with Gasteiger partial charge in [-0.1, -0.05) is 0 Å². The Kier molecular flexibility index (Phi) is 5.42. The van der Waals surface area contributed by atoms with Crippen LogP contribution in [-0.2, 0) is 0 Å². The fraction of sp³-hybridized carbons (Fsp3) is 0.286. The lowest BCUT2D eigenvalue weighted by Gasteiger charge is -2.11. The first-order valence-corrected chi connectivity index (χ1v) is 7.17. The maximum atomic E-state index is 11.6. The molecule has 0 aliphatic heterocycles. The molecule has 0 spiro atoms.